The second-order valence-electron chi connectivity index (χ2n) is 5.00. The van der Waals surface area contributed by atoms with Crippen molar-refractivity contribution in [1.82, 2.24) is 15.1 Å². The Morgan fingerprint density at radius 3 is 2.59 bits per heavy atom. The molecule has 1 aromatic heterocycles. The molecule has 0 bridgehead atoms. The zero-order chi connectivity index (χ0) is 16.3. The van der Waals surface area contributed by atoms with E-state index in [0.717, 1.165) is 5.56 Å². The van der Waals surface area contributed by atoms with Crippen LogP contribution in [0.25, 0.3) is 11.5 Å². The van der Waals surface area contributed by atoms with E-state index < -0.39 is 10.8 Å². The van der Waals surface area contributed by atoms with Crippen LogP contribution in [0.1, 0.15) is 17.3 Å². The van der Waals surface area contributed by atoms with Gasteiger partial charge < -0.3 is 9.32 Å². The summed E-state index contributed by atoms with van der Waals surface area (Å²) in [6.07, 6.45) is 1.63. The Morgan fingerprint density at radius 1 is 1.45 bits per heavy atom. The summed E-state index contributed by atoms with van der Waals surface area (Å²) >= 11 is 4.83. The van der Waals surface area contributed by atoms with Crippen molar-refractivity contribution < 1.29 is 13.4 Å². The summed E-state index contributed by atoms with van der Waals surface area (Å²) in [6, 6.07) is 6.81. The predicted molar refractivity (Wildman–Crippen MR) is 87.6 cm³/mol. The molecule has 0 aliphatic rings. The highest BCUT2D eigenvalue weighted by Crippen LogP contribution is 2.18. The number of hydrogen-bond acceptors (Lipinski definition) is 5. The Balaban J connectivity index is 2.14. The molecule has 22 heavy (non-hydrogen) atoms. The smallest absolute Gasteiger partial charge is 0.284 e. The lowest BCUT2D eigenvalue weighted by molar-refractivity contribution is 0.0757. The van der Waals surface area contributed by atoms with Crippen LogP contribution in [0.15, 0.2) is 28.7 Å². The van der Waals surface area contributed by atoms with Crippen molar-refractivity contribution in [1.29, 1.82) is 0 Å². The van der Waals surface area contributed by atoms with E-state index in [4.69, 9.17) is 16.6 Å². The number of carbonyl (C=O) groups excluding carboxylic acids is 1. The first-order valence-corrected chi connectivity index (χ1v) is 8.75. The van der Waals surface area contributed by atoms with Gasteiger partial charge in [0.2, 0.25) is 5.89 Å². The number of benzene rings is 1. The van der Waals surface area contributed by atoms with Crippen molar-refractivity contribution >= 4 is 28.9 Å². The van der Waals surface area contributed by atoms with Crippen LogP contribution in [0.3, 0.4) is 0 Å². The van der Waals surface area contributed by atoms with Gasteiger partial charge in [0, 0.05) is 47.0 Å². The maximum absolute atomic E-state index is 12.4. The summed E-state index contributed by atoms with van der Waals surface area (Å²) in [5.74, 6) is 0.716. The summed E-state index contributed by atoms with van der Waals surface area (Å²) in [5.41, 5.74) is 1.28. The number of hydrogen-bond donors (Lipinski definition) is 1. The molecule has 0 aliphatic heterocycles. The fourth-order valence-electron chi connectivity index (χ4n) is 1.96. The minimum atomic E-state index is -0.943. The molecule has 2 rings (SSSR count). The van der Waals surface area contributed by atoms with Gasteiger partial charge in [-0.1, -0.05) is 0 Å². The lowest BCUT2D eigenvalue weighted by Gasteiger charge is -2.24. The second kappa shape index (κ2) is 6.97. The Bertz CT molecular complexity index is 736. The van der Waals surface area contributed by atoms with Gasteiger partial charge in [-0.3, -0.25) is 9.00 Å². The molecule has 2 aromatic rings. The van der Waals surface area contributed by atoms with Crippen LogP contribution in [-0.4, -0.2) is 50.3 Å². The van der Waals surface area contributed by atoms with Crippen LogP contribution in [-0.2, 0) is 10.8 Å². The van der Waals surface area contributed by atoms with Gasteiger partial charge in [-0.05, 0) is 43.4 Å². The molecule has 0 spiro atoms. The van der Waals surface area contributed by atoms with E-state index in [0.29, 0.717) is 17.2 Å². The first-order valence-electron chi connectivity index (χ1n) is 6.61. The van der Waals surface area contributed by atoms with Crippen molar-refractivity contribution in [3.63, 3.8) is 0 Å². The maximum Gasteiger partial charge on any atom is 0.284 e. The molecule has 2 atom stereocenters. The molecular weight excluding hydrogens is 322 g/mol. The number of rotatable bonds is 5. The van der Waals surface area contributed by atoms with E-state index in [2.05, 4.69) is 10.2 Å². The van der Waals surface area contributed by atoms with E-state index in [-0.39, 0.29) is 16.8 Å². The van der Waals surface area contributed by atoms with Gasteiger partial charge >= 0.3 is 0 Å². The lowest BCUT2D eigenvalue weighted by Crippen LogP contribution is -2.38. The molecule has 1 heterocycles. The first-order chi connectivity index (χ1) is 10.4. The Labute approximate surface area is 136 Å². The highest BCUT2D eigenvalue weighted by Gasteiger charge is 2.18. The van der Waals surface area contributed by atoms with Crippen molar-refractivity contribution in [2.45, 2.75) is 13.0 Å². The SMILES string of the molecule is C[C@H](C[S@](C)=O)N(C)C(=O)c1ccc(-c2n[nH]c(=S)o2)cc1. The van der Waals surface area contributed by atoms with Gasteiger partial charge in [0.25, 0.3) is 10.7 Å². The number of H-pyrrole nitrogens is 1. The molecule has 0 radical (unpaired) electrons. The van der Waals surface area contributed by atoms with E-state index in [9.17, 15) is 9.00 Å². The van der Waals surface area contributed by atoms with Gasteiger partial charge in [0.05, 0.1) is 0 Å². The average Bonchev–Trinajstić information content (AvgIpc) is 2.91. The van der Waals surface area contributed by atoms with Gasteiger partial charge in [-0.2, -0.15) is 0 Å². The second-order valence-corrected chi connectivity index (χ2v) is 6.85. The van der Waals surface area contributed by atoms with Crippen LogP contribution in [0.4, 0.5) is 0 Å². The van der Waals surface area contributed by atoms with E-state index in [1.807, 2.05) is 6.92 Å². The highest BCUT2D eigenvalue weighted by atomic mass is 32.2. The van der Waals surface area contributed by atoms with Crippen molar-refractivity contribution in [2.24, 2.45) is 0 Å². The molecule has 1 aromatic carbocycles. The van der Waals surface area contributed by atoms with Crippen LogP contribution >= 0.6 is 12.2 Å². The van der Waals surface area contributed by atoms with E-state index in [1.54, 1.807) is 42.5 Å². The summed E-state index contributed by atoms with van der Waals surface area (Å²) in [7, 11) is 0.765. The minimum absolute atomic E-state index is 0.0953. The lowest BCUT2D eigenvalue weighted by atomic mass is 10.1. The Kier molecular flexibility index (Phi) is 5.25. The fourth-order valence-corrected chi connectivity index (χ4v) is 2.99. The fraction of sp³-hybridized carbons (Fsp3) is 0.357. The standard InChI is InChI=1S/C14H17N3O3S2/c1-9(8-22(3)19)17(2)13(18)11-6-4-10(5-7-11)12-15-16-14(21)20-12/h4-7,9H,8H2,1-3H3,(H,16,21)/t9-,22+/m1/s1. The third-order valence-electron chi connectivity index (χ3n) is 3.27. The molecule has 6 nitrogen and oxygen atoms in total. The molecule has 1 N–H and O–H groups in total. The molecule has 8 heteroatoms. The van der Waals surface area contributed by atoms with E-state index >= 15 is 0 Å². The first kappa shape index (κ1) is 16.6. The van der Waals surface area contributed by atoms with Crippen LogP contribution in [0, 0.1) is 4.84 Å². The molecule has 0 fully saturated rings. The normalized spacial score (nSPS) is 13.6. The third kappa shape index (κ3) is 3.89. The summed E-state index contributed by atoms with van der Waals surface area (Å²) < 4.78 is 16.5. The quantitative estimate of drug-likeness (QED) is 0.845. The van der Waals surface area contributed by atoms with Crippen LogP contribution < -0.4 is 0 Å². The van der Waals surface area contributed by atoms with Crippen LogP contribution in [0.2, 0.25) is 0 Å². The number of aromatic nitrogens is 2. The summed E-state index contributed by atoms with van der Waals surface area (Å²) in [5, 5.41) is 6.48. The number of amides is 1. The monoisotopic (exact) mass is 339 g/mol. The number of carbonyl (C=O) groups is 1. The van der Waals surface area contributed by atoms with Gasteiger partial charge in [0.1, 0.15) is 0 Å². The molecular formula is C14H17N3O3S2. The molecule has 0 unspecified atom stereocenters. The Morgan fingerprint density at radius 2 is 2.09 bits per heavy atom. The largest absolute Gasteiger partial charge is 0.409 e. The number of nitrogens with one attached hydrogen (secondary N) is 1. The highest BCUT2D eigenvalue weighted by molar-refractivity contribution is 7.84. The van der Waals surface area contributed by atoms with Gasteiger partial charge in [-0.25, -0.2) is 5.10 Å². The maximum atomic E-state index is 12.4. The third-order valence-corrected chi connectivity index (χ3v) is 4.40. The van der Waals surface area contributed by atoms with Crippen molar-refractivity contribution in [2.75, 3.05) is 19.1 Å². The van der Waals surface area contributed by atoms with Crippen LogP contribution in [0.5, 0.6) is 0 Å². The number of aromatic amines is 1. The summed E-state index contributed by atoms with van der Waals surface area (Å²) in [4.78, 5) is 14.2. The molecule has 118 valence electrons. The molecule has 0 aliphatic carbocycles. The van der Waals surface area contributed by atoms with Gasteiger partial charge in [0.15, 0.2) is 0 Å². The molecule has 0 saturated carbocycles. The van der Waals surface area contributed by atoms with Gasteiger partial charge in [-0.15, -0.1) is 5.10 Å². The zero-order valence-corrected chi connectivity index (χ0v) is 14.2. The molecule has 0 saturated heterocycles. The van der Waals surface area contributed by atoms with Crippen molar-refractivity contribution in [3.05, 3.63) is 34.7 Å². The zero-order valence-electron chi connectivity index (χ0n) is 12.5. The average molecular weight is 339 g/mol. The Hall–Kier alpha value is -1.80. The minimum Gasteiger partial charge on any atom is -0.409 e. The topological polar surface area (TPSA) is 79.2 Å². The predicted octanol–water partition coefficient (Wildman–Crippen LogP) is 2.24. The van der Waals surface area contributed by atoms with E-state index in [1.165, 1.54) is 0 Å². The molecule has 1 amide bonds. The summed E-state index contributed by atoms with van der Waals surface area (Å²) in [6.45, 7) is 1.88. The number of nitrogens with zero attached hydrogens (tertiary/aromatic N) is 2. The van der Waals surface area contributed by atoms with Crippen molar-refractivity contribution in [3.8, 4) is 11.5 Å².